The van der Waals surface area contributed by atoms with Crippen molar-refractivity contribution < 1.29 is 27.0 Å². The molecule has 0 amide bonds. The van der Waals surface area contributed by atoms with Crippen LogP contribution in [0.2, 0.25) is 0 Å². The highest BCUT2D eigenvalue weighted by molar-refractivity contribution is 4.54. The molecule has 0 aliphatic heterocycles. The average Bonchev–Trinajstić information content (AvgIpc) is 1.88. The van der Waals surface area contributed by atoms with E-state index in [0.29, 0.717) is 0 Å². The summed E-state index contributed by atoms with van der Waals surface area (Å²) in [6.07, 6.45) is -8.15. The third-order valence-electron chi connectivity index (χ3n) is 0.836. The lowest BCUT2D eigenvalue weighted by atomic mass is 10.6. The monoisotopic (exact) mass is 176 g/mol. The van der Waals surface area contributed by atoms with Gasteiger partial charge in [-0.3, -0.25) is 0 Å². The van der Waals surface area contributed by atoms with Crippen molar-refractivity contribution in [1.82, 2.24) is 0 Å². The molecule has 0 bridgehead atoms. The van der Waals surface area contributed by atoms with E-state index in [0.717, 1.165) is 0 Å². The first kappa shape index (κ1) is 10.6. The largest absolute Gasteiger partial charge is 0.416 e. The summed E-state index contributed by atoms with van der Waals surface area (Å²) in [5.41, 5.74) is 0. The van der Waals surface area contributed by atoms with Crippen LogP contribution in [0.1, 0.15) is 0 Å². The Kier molecular flexibility index (Phi) is 4.36. The minimum atomic E-state index is -4.36. The molecule has 0 rings (SSSR count). The molecule has 0 saturated heterocycles. The van der Waals surface area contributed by atoms with Gasteiger partial charge in [-0.15, -0.1) is 0 Å². The maximum absolute atomic E-state index is 11.8. The predicted octanol–water partition coefficient (Wildman–Crippen LogP) is 1.51. The number of hydrogen-bond acceptors (Lipinski definition) is 2. The van der Waals surface area contributed by atoms with Crippen LogP contribution in [0.15, 0.2) is 0 Å². The van der Waals surface area contributed by atoms with Crippen LogP contribution >= 0.6 is 0 Å². The van der Waals surface area contributed by atoms with Gasteiger partial charge in [0.15, 0.2) is 0 Å². The smallest absolute Gasteiger partial charge is 0.382 e. The minimum Gasteiger partial charge on any atom is -0.382 e. The van der Waals surface area contributed by atoms with Crippen molar-refractivity contribution in [1.29, 1.82) is 0 Å². The van der Waals surface area contributed by atoms with Crippen LogP contribution in [0.5, 0.6) is 0 Å². The molecule has 0 atom stereocenters. The van der Waals surface area contributed by atoms with E-state index in [4.69, 9.17) is 0 Å². The van der Waals surface area contributed by atoms with Crippen LogP contribution in [0.3, 0.4) is 0 Å². The van der Waals surface area contributed by atoms with Crippen LogP contribution < -0.4 is 0 Å². The van der Waals surface area contributed by atoms with Crippen LogP contribution in [0, 0.1) is 0 Å². The van der Waals surface area contributed by atoms with Crippen molar-refractivity contribution in [2.45, 2.75) is 12.5 Å². The molecule has 0 saturated carbocycles. The molecule has 0 radical (unpaired) electrons. The maximum atomic E-state index is 11.8. The van der Waals surface area contributed by atoms with Crippen molar-refractivity contribution in [2.24, 2.45) is 0 Å². The molecule has 0 aromatic heterocycles. The fourth-order valence-corrected chi connectivity index (χ4v) is 0.324. The fourth-order valence-electron chi connectivity index (χ4n) is 0.324. The first-order valence-corrected chi connectivity index (χ1v) is 2.79. The summed E-state index contributed by atoms with van der Waals surface area (Å²) in [6.45, 7) is -0.684. The molecule has 68 valence electrons. The number of hydrogen-bond donors (Lipinski definition) is 0. The first-order valence-electron chi connectivity index (χ1n) is 2.79. The number of ether oxygens (including phenoxy) is 2. The molecule has 0 heterocycles. The Bertz CT molecular complexity index is 107. The zero-order chi connectivity index (χ0) is 8.91. The van der Waals surface area contributed by atoms with Gasteiger partial charge in [-0.2, -0.15) is 8.78 Å². The normalized spacial score (nSPS) is 12.5. The lowest BCUT2D eigenvalue weighted by molar-refractivity contribution is -0.302. The summed E-state index contributed by atoms with van der Waals surface area (Å²) < 4.78 is 54.2. The molecular weight excluding hydrogens is 168 g/mol. The Morgan fingerprint density at radius 3 is 2.18 bits per heavy atom. The average molecular weight is 176 g/mol. The Labute approximate surface area is 61.1 Å². The van der Waals surface area contributed by atoms with Crippen LogP contribution in [0.4, 0.5) is 17.6 Å². The van der Waals surface area contributed by atoms with E-state index in [1.165, 1.54) is 7.11 Å². The second kappa shape index (κ2) is 4.50. The summed E-state index contributed by atoms with van der Waals surface area (Å²) in [5.74, 6) is 0. The highest BCUT2D eigenvalue weighted by atomic mass is 19.3. The van der Waals surface area contributed by atoms with Gasteiger partial charge in [-0.1, -0.05) is 0 Å². The second-order valence-electron chi connectivity index (χ2n) is 1.70. The third kappa shape index (κ3) is 4.15. The van der Waals surface area contributed by atoms with Crippen LogP contribution in [-0.2, 0) is 9.47 Å². The van der Waals surface area contributed by atoms with Gasteiger partial charge in [0.05, 0.1) is 13.2 Å². The molecule has 0 aromatic rings. The van der Waals surface area contributed by atoms with Crippen molar-refractivity contribution in [3.63, 3.8) is 0 Å². The van der Waals surface area contributed by atoms with Crippen molar-refractivity contribution in [3.8, 4) is 0 Å². The summed E-state index contributed by atoms with van der Waals surface area (Å²) in [6, 6.07) is 0. The Morgan fingerprint density at radius 2 is 1.82 bits per heavy atom. The molecule has 0 unspecified atom stereocenters. The van der Waals surface area contributed by atoms with Gasteiger partial charge in [0.1, 0.15) is 0 Å². The van der Waals surface area contributed by atoms with Crippen molar-refractivity contribution in [2.75, 3.05) is 20.3 Å². The molecule has 0 aliphatic carbocycles. The van der Waals surface area contributed by atoms with E-state index < -0.39 is 19.1 Å². The Hall–Kier alpha value is -0.360. The van der Waals surface area contributed by atoms with Gasteiger partial charge >= 0.3 is 12.5 Å². The molecular formula is C5H8F4O2. The molecule has 0 aromatic carbocycles. The first-order chi connectivity index (χ1) is 5.00. The lowest BCUT2D eigenvalue weighted by Crippen LogP contribution is -2.31. The van der Waals surface area contributed by atoms with Gasteiger partial charge in [0.2, 0.25) is 0 Å². The summed E-state index contributed by atoms with van der Waals surface area (Å²) in [5, 5.41) is 0. The van der Waals surface area contributed by atoms with E-state index in [2.05, 4.69) is 9.47 Å². The molecule has 0 spiro atoms. The minimum absolute atomic E-state index is 0.137. The van der Waals surface area contributed by atoms with Crippen molar-refractivity contribution >= 4 is 0 Å². The van der Waals surface area contributed by atoms with Gasteiger partial charge < -0.3 is 9.47 Å². The number of methoxy groups -OCH3 is 1. The molecule has 11 heavy (non-hydrogen) atoms. The van der Waals surface area contributed by atoms with E-state index in [1.54, 1.807) is 0 Å². The summed E-state index contributed by atoms with van der Waals surface area (Å²) in [7, 11) is 1.25. The summed E-state index contributed by atoms with van der Waals surface area (Å²) >= 11 is 0. The van der Waals surface area contributed by atoms with Gasteiger partial charge in [0.25, 0.3) is 0 Å². The van der Waals surface area contributed by atoms with Crippen LogP contribution in [0.25, 0.3) is 0 Å². The standard InChI is InChI=1S/C5H8F4O2/c1-10-2-3-11-5(8,9)4(6)7/h4H,2-3H2,1H3. The molecule has 0 fully saturated rings. The van der Waals surface area contributed by atoms with E-state index in [-0.39, 0.29) is 6.61 Å². The Morgan fingerprint density at radius 1 is 1.27 bits per heavy atom. The number of halogens is 4. The fraction of sp³-hybridized carbons (Fsp3) is 1.00. The third-order valence-corrected chi connectivity index (χ3v) is 0.836. The summed E-state index contributed by atoms with van der Waals surface area (Å²) in [4.78, 5) is 0. The molecule has 6 heteroatoms. The topological polar surface area (TPSA) is 18.5 Å². The highest BCUT2D eigenvalue weighted by Gasteiger charge is 2.41. The second-order valence-corrected chi connectivity index (χ2v) is 1.70. The van der Waals surface area contributed by atoms with E-state index in [1.807, 2.05) is 0 Å². The maximum Gasteiger partial charge on any atom is 0.416 e. The molecule has 2 nitrogen and oxygen atoms in total. The zero-order valence-electron chi connectivity index (χ0n) is 5.82. The molecule has 0 aliphatic rings. The van der Waals surface area contributed by atoms with Gasteiger partial charge in [0, 0.05) is 7.11 Å². The highest BCUT2D eigenvalue weighted by Crippen LogP contribution is 2.23. The van der Waals surface area contributed by atoms with E-state index in [9.17, 15) is 17.6 Å². The van der Waals surface area contributed by atoms with Crippen LogP contribution in [-0.4, -0.2) is 32.9 Å². The van der Waals surface area contributed by atoms with E-state index >= 15 is 0 Å². The van der Waals surface area contributed by atoms with Gasteiger partial charge in [-0.25, -0.2) is 8.78 Å². The molecule has 0 N–H and O–H groups in total. The zero-order valence-corrected chi connectivity index (χ0v) is 5.82. The van der Waals surface area contributed by atoms with Crippen molar-refractivity contribution in [3.05, 3.63) is 0 Å². The number of rotatable bonds is 5. The van der Waals surface area contributed by atoms with Gasteiger partial charge in [-0.05, 0) is 0 Å². The quantitative estimate of drug-likeness (QED) is 0.467. The SMILES string of the molecule is COCCOC(F)(F)C(F)F. The number of alkyl halides is 4. The predicted molar refractivity (Wildman–Crippen MR) is 28.8 cm³/mol. The lowest BCUT2D eigenvalue weighted by Gasteiger charge is -2.14. The Balaban J connectivity index is 3.55.